The van der Waals surface area contributed by atoms with E-state index in [-0.39, 0.29) is 17.8 Å². The van der Waals surface area contributed by atoms with Gasteiger partial charge in [-0.25, -0.2) is 14.3 Å². The summed E-state index contributed by atoms with van der Waals surface area (Å²) in [6, 6.07) is 6.56. The second kappa shape index (κ2) is 4.25. The van der Waals surface area contributed by atoms with Crippen molar-refractivity contribution in [2.24, 2.45) is 7.05 Å². The second-order valence-electron chi connectivity index (χ2n) is 3.64. The van der Waals surface area contributed by atoms with Gasteiger partial charge in [-0.1, -0.05) is 18.2 Å². The number of carbonyl (C=O) groups is 1. The van der Waals surface area contributed by atoms with E-state index in [1.807, 2.05) is 0 Å². The number of carboxylic acid groups (broad SMARTS) is 1. The van der Waals surface area contributed by atoms with Gasteiger partial charge in [-0.15, -0.1) is 0 Å². The maximum atomic E-state index is 11.6. The topological polar surface area (TPSA) is 77.1 Å². The molecule has 0 saturated carbocycles. The molecule has 0 saturated heterocycles. The molecule has 0 aliphatic rings. The lowest BCUT2D eigenvalue weighted by Crippen LogP contribution is -2.24. The van der Waals surface area contributed by atoms with E-state index >= 15 is 0 Å². The molecule has 0 amide bonds. The van der Waals surface area contributed by atoms with Crippen LogP contribution in [0.15, 0.2) is 35.4 Å². The summed E-state index contributed by atoms with van der Waals surface area (Å²) in [4.78, 5) is 22.6. The highest BCUT2D eigenvalue weighted by Crippen LogP contribution is 2.09. The van der Waals surface area contributed by atoms with Crippen LogP contribution in [0.25, 0.3) is 0 Å². The van der Waals surface area contributed by atoms with Gasteiger partial charge in [-0.2, -0.15) is 5.10 Å². The monoisotopic (exact) mass is 233 g/mol. The fourth-order valence-electron chi connectivity index (χ4n) is 1.56. The van der Waals surface area contributed by atoms with Gasteiger partial charge in [-0.3, -0.25) is 4.57 Å². The Bertz CT molecular complexity index is 612. The number of benzene rings is 1. The van der Waals surface area contributed by atoms with Crippen LogP contribution in [-0.2, 0) is 13.6 Å². The van der Waals surface area contributed by atoms with Gasteiger partial charge in [0.2, 0.25) is 0 Å². The molecule has 1 aromatic carbocycles. The molecule has 0 fully saturated rings. The Labute approximate surface area is 96.7 Å². The van der Waals surface area contributed by atoms with Gasteiger partial charge in [-0.05, 0) is 11.6 Å². The zero-order valence-electron chi connectivity index (χ0n) is 9.20. The first-order valence-corrected chi connectivity index (χ1v) is 4.99. The van der Waals surface area contributed by atoms with Crippen molar-refractivity contribution in [2.75, 3.05) is 0 Å². The molecule has 0 bridgehead atoms. The van der Waals surface area contributed by atoms with E-state index in [1.165, 1.54) is 21.6 Å². The van der Waals surface area contributed by atoms with Crippen LogP contribution in [0.5, 0.6) is 0 Å². The predicted octanol–water partition coefficient (Wildman–Crippen LogP) is 0.328. The van der Waals surface area contributed by atoms with Crippen LogP contribution in [0.3, 0.4) is 0 Å². The lowest BCUT2D eigenvalue weighted by atomic mass is 10.1. The predicted molar refractivity (Wildman–Crippen MR) is 60.0 cm³/mol. The Morgan fingerprint density at radius 1 is 1.41 bits per heavy atom. The number of carboxylic acids is 1. The minimum absolute atomic E-state index is 0.155. The maximum Gasteiger partial charge on any atom is 0.345 e. The molecule has 0 aliphatic heterocycles. The summed E-state index contributed by atoms with van der Waals surface area (Å²) in [6.07, 6.45) is 1.39. The molecule has 17 heavy (non-hydrogen) atoms. The minimum atomic E-state index is -1.01. The number of hydrogen-bond acceptors (Lipinski definition) is 3. The van der Waals surface area contributed by atoms with E-state index in [2.05, 4.69) is 5.10 Å². The van der Waals surface area contributed by atoms with Crippen molar-refractivity contribution in [3.63, 3.8) is 0 Å². The van der Waals surface area contributed by atoms with E-state index in [0.29, 0.717) is 5.56 Å². The molecule has 6 heteroatoms. The zero-order valence-corrected chi connectivity index (χ0v) is 9.20. The fourth-order valence-corrected chi connectivity index (χ4v) is 1.56. The molecular formula is C11H11N3O3. The largest absolute Gasteiger partial charge is 0.478 e. The van der Waals surface area contributed by atoms with Crippen molar-refractivity contribution in [2.45, 2.75) is 6.54 Å². The first-order valence-electron chi connectivity index (χ1n) is 4.99. The minimum Gasteiger partial charge on any atom is -0.478 e. The summed E-state index contributed by atoms with van der Waals surface area (Å²) in [5.41, 5.74) is 0.469. The molecule has 0 spiro atoms. The molecule has 1 aromatic heterocycles. The zero-order chi connectivity index (χ0) is 12.4. The third-order valence-electron chi connectivity index (χ3n) is 2.45. The molecule has 1 N–H and O–H groups in total. The maximum absolute atomic E-state index is 11.6. The van der Waals surface area contributed by atoms with Gasteiger partial charge in [0, 0.05) is 7.05 Å². The van der Waals surface area contributed by atoms with Crippen molar-refractivity contribution in [3.05, 3.63) is 52.2 Å². The quantitative estimate of drug-likeness (QED) is 0.828. The first-order chi connectivity index (χ1) is 8.09. The van der Waals surface area contributed by atoms with Gasteiger partial charge in [0.05, 0.1) is 12.1 Å². The number of aromatic nitrogens is 3. The summed E-state index contributed by atoms with van der Waals surface area (Å²) >= 11 is 0. The number of hydrogen-bond donors (Lipinski definition) is 1. The van der Waals surface area contributed by atoms with Crippen molar-refractivity contribution in [1.82, 2.24) is 14.3 Å². The van der Waals surface area contributed by atoms with E-state index in [9.17, 15) is 9.59 Å². The van der Waals surface area contributed by atoms with Gasteiger partial charge in [0.1, 0.15) is 6.33 Å². The molecule has 2 rings (SSSR count). The summed E-state index contributed by atoms with van der Waals surface area (Å²) in [5.74, 6) is -1.01. The van der Waals surface area contributed by atoms with Crippen molar-refractivity contribution in [1.29, 1.82) is 0 Å². The molecule has 88 valence electrons. The number of rotatable bonds is 3. The number of aromatic carboxylic acids is 1. The third-order valence-corrected chi connectivity index (χ3v) is 2.45. The summed E-state index contributed by atoms with van der Waals surface area (Å²) in [5, 5.41) is 12.9. The number of aryl methyl sites for hydroxylation is 1. The summed E-state index contributed by atoms with van der Waals surface area (Å²) < 4.78 is 2.56. The van der Waals surface area contributed by atoms with Gasteiger partial charge in [0.15, 0.2) is 0 Å². The Morgan fingerprint density at radius 3 is 2.71 bits per heavy atom. The lowest BCUT2D eigenvalue weighted by molar-refractivity contribution is 0.0695. The number of nitrogens with zero attached hydrogens (tertiary/aromatic N) is 3. The van der Waals surface area contributed by atoms with Gasteiger partial charge >= 0.3 is 11.7 Å². The van der Waals surface area contributed by atoms with Gasteiger partial charge in [0.25, 0.3) is 0 Å². The molecule has 2 aromatic rings. The Balaban J connectivity index is 2.40. The molecule has 1 heterocycles. The summed E-state index contributed by atoms with van der Waals surface area (Å²) in [7, 11) is 1.59. The molecule has 0 unspecified atom stereocenters. The molecule has 0 atom stereocenters. The third kappa shape index (κ3) is 2.10. The highest BCUT2D eigenvalue weighted by Gasteiger charge is 2.11. The van der Waals surface area contributed by atoms with Crippen molar-refractivity contribution in [3.8, 4) is 0 Å². The normalized spacial score (nSPS) is 10.4. The van der Waals surface area contributed by atoms with Crippen molar-refractivity contribution >= 4 is 5.97 Å². The van der Waals surface area contributed by atoms with Gasteiger partial charge < -0.3 is 5.11 Å². The molecular weight excluding hydrogens is 222 g/mol. The van der Waals surface area contributed by atoms with Crippen LogP contribution < -0.4 is 5.69 Å². The standard InChI is InChI=1S/C11H11N3O3/c1-13-7-12-14(11(13)17)6-8-4-2-3-5-9(8)10(15)16/h2-5,7H,6H2,1H3,(H,15,16). The Kier molecular flexibility index (Phi) is 2.78. The average molecular weight is 233 g/mol. The molecule has 0 aliphatic carbocycles. The Morgan fingerprint density at radius 2 is 2.12 bits per heavy atom. The lowest BCUT2D eigenvalue weighted by Gasteiger charge is -2.04. The van der Waals surface area contributed by atoms with Crippen LogP contribution in [-0.4, -0.2) is 25.4 Å². The van der Waals surface area contributed by atoms with Crippen LogP contribution >= 0.6 is 0 Å². The van der Waals surface area contributed by atoms with E-state index in [4.69, 9.17) is 5.11 Å². The van der Waals surface area contributed by atoms with Crippen LogP contribution in [0.4, 0.5) is 0 Å². The van der Waals surface area contributed by atoms with E-state index in [1.54, 1.807) is 25.2 Å². The SMILES string of the molecule is Cn1cnn(Cc2ccccc2C(=O)O)c1=O. The smallest absolute Gasteiger partial charge is 0.345 e. The van der Waals surface area contributed by atoms with Crippen LogP contribution in [0.1, 0.15) is 15.9 Å². The van der Waals surface area contributed by atoms with E-state index in [0.717, 1.165) is 0 Å². The summed E-state index contributed by atoms with van der Waals surface area (Å²) in [6.45, 7) is 0.155. The van der Waals surface area contributed by atoms with Crippen LogP contribution in [0, 0.1) is 0 Å². The fraction of sp³-hybridized carbons (Fsp3) is 0.182. The average Bonchev–Trinajstić information content (AvgIpc) is 2.61. The van der Waals surface area contributed by atoms with Crippen LogP contribution in [0.2, 0.25) is 0 Å². The van der Waals surface area contributed by atoms with E-state index < -0.39 is 5.97 Å². The second-order valence-corrected chi connectivity index (χ2v) is 3.64. The first kappa shape index (κ1) is 11.1. The molecule has 6 nitrogen and oxygen atoms in total. The van der Waals surface area contributed by atoms with Crippen molar-refractivity contribution < 1.29 is 9.90 Å². The Hall–Kier alpha value is -2.37. The highest BCUT2D eigenvalue weighted by atomic mass is 16.4. The highest BCUT2D eigenvalue weighted by molar-refractivity contribution is 5.89. The molecule has 0 radical (unpaired) electrons.